The lowest BCUT2D eigenvalue weighted by Crippen LogP contribution is -2.15. The highest BCUT2D eigenvalue weighted by Gasteiger charge is 2.22. The molecule has 0 bridgehead atoms. The van der Waals surface area contributed by atoms with E-state index in [1.807, 2.05) is 10.6 Å². The molecule has 2 aromatic rings. The first-order valence-electron chi connectivity index (χ1n) is 6.73. The number of sulfone groups is 1. The van der Waals surface area contributed by atoms with Crippen LogP contribution >= 0.6 is 0 Å². The first-order chi connectivity index (χ1) is 9.27. The predicted molar refractivity (Wildman–Crippen MR) is 81.4 cm³/mol. The lowest BCUT2D eigenvalue weighted by Gasteiger charge is -2.21. The first-order valence-corrected chi connectivity index (χ1v) is 8.63. The number of nitrogen functional groups attached to an aromatic ring is 1. The number of hydrogen-bond acceptors (Lipinski definition) is 4. The number of imidazole rings is 1. The maximum atomic E-state index is 11.8. The van der Waals surface area contributed by atoms with Gasteiger partial charge in [0.05, 0.1) is 10.4 Å². The molecule has 2 atom stereocenters. The third kappa shape index (κ3) is 2.40. The minimum absolute atomic E-state index is 0.166. The van der Waals surface area contributed by atoms with Gasteiger partial charge in [0.15, 0.2) is 9.84 Å². The van der Waals surface area contributed by atoms with Gasteiger partial charge >= 0.3 is 0 Å². The summed E-state index contributed by atoms with van der Waals surface area (Å²) in [5, 5.41) is 0. The van der Waals surface area contributed by atoms with Crippen LogP contribution in [0.5, 0.6) is 0 Å². The van der Waals surface area contributed by atoms with Crippen molar-refractivity contribution >= 4 is 26.8 Å². The van der Waals surface area contributed by atoms with Crippen LogP contribution in [0.1, 0.15) is 33.2 Å². The molecule has 0 saturated heterocycles. The van der Waals surface area contributed by atoms with Crippen molar-refractivity contribution in [2.24, 2.45) is 5.92 Å². The number of para-hydroxylation sites is 1. The smallest absolute Gasteiger partial charge is 0.201 e. The summed E-state index contributed by atoms with van der Waals surface area (Å²) in [4.78, 5) is 4.51. The zero-order chi connectivity index (χ0) is 15.1. The number of fused-ring (bicyclic) bond motifs is 1. The van der Waals surface area contributed by atoms with E-state index in [0.29, 0.717) is 17.4 Å². The van der Waals surface area contributed by atoms with Gasteiger partial charge in [-0.3, -0.25) is 0 Å². The monoisotopic (exact) mass is 295 g/mol. The van der Waals surface area contributed by atoms with Crippen molar-refractivity contribution in [2.75, 3.05) is 12.0 Å². The zero-order valence-corrected chi connectivity index (χ0v) is 13.1. The van der Waals surface area contributed by atoms with Gasteiger partial charge in [-0.2, -0.15) is 0 Å². The molecule has 2 rings (SSSR count). The zero-order valence-electron chi connectivity index (χ0n) is 12.3. The average Bonchev–Trinajstić information content (AvgIpc) is 2.71. The van der Waals surface area contributed by atoms with Crippen molar-refractivity contribution in [3.05, 3.63) is 18.2 Å². The molecule has 0 spiro atoms. The second-order valence-electron chi connectivity index (χ2n) is 5.36. The highest BCUT2D eigenvalue weighted by atomic mass is 32.2. The molecule has 0 saturated carbocycles. The molecular weight excluding hydrogens is 274 g/mol. The van der Waals surface area contributed by atoms with E-state index in [2.05, 4.69) is 25.8 Å². The van der Waals surface area contributed by atoms with Crippen molar-refractivity contribution in [2.45, 2.75) is 38.1 Å². The fourth-order valence-electron chi connectivity index (χ4n) is 2.43. The largest absolute Gasteiger partial charge is 0.369 e. The summed E-state index contributed by atoms with van der Waals surface area (Å²) < 4.78 is 25.6. The van der Waals surface area contributed by atoms with Crippen molar-refractivity contribution < 1.29 is 8.42 Å². The van der Waals surface area contributed by atoms with Crippen molar-refractivity contribution in [1.82, 2.24) is 9.55 Å². The van der Waals surface area contributed by atoms with E-state index in [4.69, 9.17) is 5.73 Å². The first kappa shape index (κ1) is 14.8. The predicted octanol–water partition coefficient (Wildman–Crippen LogP) is 2.63. The summed E-state index contributed by atoms with van der Waals surface area (Å²) in [5.41, 5.74) is 7.25. The van der Waals surface area contributed by atoms with Crippen molar-refractivity contribution in [1.29, 1.82) is 0 Å². The van der Waals surface area contributed by atoms with E-state index in [-0.39, 0.29) is 10.9 Å². The van der Waals surface area contributed by atoms with Gasteiger partial charge < -0.3 is 10.3 Å². The number of nitrogens with zero attached hydrogens (tertiary/aromatic N) is 2. The molecule has 1 heterocycles. The van der Waals surface area contributed by atoms with Crippen LogP contribution in [0.4, 0.5) is 5.95 Å². The Kier molecular flexibility index (Phi) is 3.77. The summed E-state index contributed by atoms with van der Waals surface area (Å²) in [6.07, 6.45) is 2.21. The van der Waals surface area contributed by atoms with Gasteiger partial charge in [-0.15, -0.1) is 0 Å². The van der Waals surface area contributed by atoms with E-state index >= 15 is 0 Å². The number of rotatable bonds is 4. The Morgan fingerprint density at radius 1 is 1.35 bits per heavy atom. The van der Waals surface area contributed by atoms with Gasteiger partial charge in [0.25, 0.3) is 0 Å². The van der Waals surface area contributed by atoms with E-state index in [1.165, 1.54) is 6.26 Å². The van der Waals surface area contributed by atoms with Crippen molar-refractivity contribution in [3.63, 3.8) is 0 Å². The fourth-order valence-corrected chi connectivity index (χ4v) is 3.26. The summed E-state index contributed by atoms with van der Waals surface area (Å²) in [6.45, 7) is 6.35. The normalized spacial score (nSPS) is 15.4. The van der Waals surface area contributed by atoms with Gasteiger partial charge in [0.2, 0.25) is 5.95 Å². The van der Waals surface area contributed by atoms with Gasteiger partial charge in [0, 0.05) is 12.3 Å². The number of benzene rings is 1. The van der Waals surface area contributed by atoms with E-state index in [9.17, 15) is 8.42 Å². The third-order valence-corrected chi connectivity index (χ3v) is 5.11. The van der Waals surface area contributed by atoms with Crippen LogP contribution in [-0.2, 0) is 9.84 Å². The minimum atomic E-state index is -3.32. The second-order valence-corrected chi connectivity index (χ2v) is 7.35. The molecule has 0 radical (unpaired) electrons. The van der Waals surface area contributed by atoms with Crippen molar-refractivity contribution in [3.8, 4) is 0 Å². The molecule has 1 aromatic carbocycles. The van der Waals surface area contributed by atoms with Crippen LogP contribution in [0.3, 0.4) is 0 Å². The molecule has 1 aromatic heterocycles. The molecule has 2 unspecified atom stereocenters. The molecular formula is C14H21N3O2S. The van der Waals surface area contributed by atoms with Crippen LogP contribution in [-0.4, -0.2) is 24.2 Å². The minimum Gasteiger partial charge on any atom is -0.369 e. The molecule has 2 N–H and O–H groups in total. The summed E-state index contributed by atoms with van der Waals surface area (Å²) >= 11 is 0. The Hall–Kier alpha value is -1.56. The molecule has 0 aliphatic carbocycles. The quantitative estimate of drug-likeness (QED) is 0.940. The van der Waals surface area contributed by atoms with Crippen LogP contribution in [0.25, 0.3) is 11.0 Å². The fraction of sp³-hybridized carbons (Fsp3) is 0.500. The molecule has 20 heavy (non-hydrogen) atoms. The topological polar surface area (TPSA) is 78.0 Å². The van der Waals surface area contributed by atoms with Crippen LogP contribution in [0.15, 0.2) is 23.1 Å². The maximum Gasteiger partial charge on any atom is 0.201 e. The molecule has 110 valence electrons. The number of anilines is 1. The highest BCUT2D eigenvalue weighted by Crippen LogP contribution is 2.31. The summed E-state index contributed by atoms with van der Waals surface area (Å²) in [6, 6.07) is 5.34. The SMILES string of the molecule is CCC(C)C(C)n1c(N)nc2c(S(C)(=O)=O)cccc21. The molecule has 0 fully saturated rings. The van der Waals surface area contributed by atoms with E-state index in [0.717, 1.165) is 11.9 Å². The molecule has 0 aliphatic heterocycles. The maximum absolute atomic E-state index is 11.8. The Labute approximate surface area is 119 Å². The Morgan fingerprint density at radius 3 is 2.55 bits per heavy atom. The summed E-state index contributed by atoms with van der Waals surface area (Å²) in [5.74, 6) is 0.792. The molecule has 0 amide bonds. The molecule has 5 nitrogen and oxygen atoms in total. The van der Waals surface area contributed by atoms with Crippen LogP contribution in [0.2, 0.25) is 0 Å². The number of hydrogen-bond donors (Lipinski definition) is 1. The summed E-state index contributed by atoms with van der Waals surface area (Å²) in [7, 11) is -3.32. The van der Waals surface area contributed by atoms with Gasteiger partial charge in [0.1, 0.15) is 5.52 Å². The number of aromatic nitrogens is 2. The average molecular weight is 295 g/mol. The Balaban J connectivity index is 2.74. The standard InChI is InChI=1S/C14H21N3O2S/c1-5-9(2)10(3)17-11-7-6-8-12(20(4,18)19)13(11)16-14(17)15/h6-10H,5H2,1-4H3,(H2,15,16). The van der Waals surface area contributed by atoms with E-state index in [1.54, 1.807) is 12.1 Å². The van der Waals surface area contributed by atoms with Crippen LogP contribution in [0, 0.1) is 5.92 Å². The highest BCUT2D eigenvalue weighted by molar-refractivity contribution is 7.91. The van der Waals surface area contributed by atoms with Gasteiger partial charge in [-0.05, 0) is 25.0 Å². The third-order valence-electron chi connectivity index (χ3n) is 3.98. The number of nitrogens with two attached hydrogens (primary N) is 1. The lowest BCUT2D eigenvalue weighted by atomic mass is 10.0. The molecule has 0 aliphatic rings. The lowest BCUT2D eigenvalue weighted by molar-refractivity contribution is 0.381. The second kappa shape index (κ2) is 5.09. The van der Waals surface area contributed by atoms with E-state index < -0.39 is 9.84 Å². The Bertz CT molecular complexity index is 734. The van der Waals surface area contributed by atoms with Crippen LogP contribution < -0.4 is 5.73 Å². The Morgan fingerprint density at radius 2 is 2.00 bits per heavy atom. The van der Waals surface area contributed by atoms with Gasteiger partial charge in [-0.25, -0.2) is 13.4 Å². The van der Waals surface area contributed by atoms with Gasteiger partial charge in [-0.1, -0.05) is 26.3 Å². The molecule has 6 heteroatoms.